The predicted molar refractivity (Wildman–Crippen MR) is 283 cm³/mol. The first-order valence-electron chi connectivity index (χ1n) is 27.4. The van der Waals surface area contributed by atoms with Crippen LogP contribution >= 0.6 is 0 Å². The van der Waals surface area contributed by atoms with E-state index < -0.39 is 29.6 Å². The van der Waals surface area contributed by atoms with Crippen LogP contribution in [0.1, 0.15) is 96.9 Å². The molecule has 0 radical (unpaired) electrons. The number of hydrogen-bond donors (Lipinski definition) is 1. The van der Waals surface area contributed by atoms with Gasteiger partial charge in [-0.2, -0.15) is 9.97 Å². The number of benzene rings is 3. The van der Waals surface area contributed by atoms with E-state index in [1.807, 2.05) is 30.3 Å². The first-order valence-corrected chi connectivity index (χ1v) is 27.4. The summed E-state index contributed by atoms with van der Waals surface area (Å²) in [5.41, 5.74) is 3.41. The molecule has 17 heteroatoms. The molecule has 1 spiro atoms. The van der Waals surface area contributed by atoms with Crippen LogP contribution in [0.2, 0.25) is 0 Å². The lowest BCUT2D eigenvalue weighted by atomic mass is 9.57. The number of rotatable bonds is 14. The van der Waals surface area contributed by atoms with E-state index >= 15 is 4.39 Å². The van der Waals surface area contributed by atoms with Gasteiger partial charge in [0.15, 0.2) is 12.6 Å². The van der Waals surface area contributed by atoms with Gasteiger partial charge in [-0.05, 0) is 142 Å². The number of piperidine rings is 3. The van der Waals surface area contributed by atoms with Crippen molar-refractivity contribution < 1.29 is 37.8 Å². The molecule has 1 N–H and O–H groups in total. The minimum Gasteiger partial charge on any atom is -0.468 e. The number of carbonyl (C=O) groups excluding carboxylic acids is 4. The summed E-state index contributed by atoms with van der Waals surface area (Å²) < 4.78 is 35.1. The SMILES string of the molecule is C#Cc1cccc2cc(OCOC)cc(-c3ncc4c(N5CC6CCC(C6)C5)nc(OCC5(CN6CCC7(CC6)CC(CN6CCN(c8ccc9c(c8)C(=O)N(C8CCC(=O)NC8=O)C9=O)CC6)C7)CC5)nc4c3F)c12. The maximum Gasteiger partial charge on any atom is 0.319 e. The second-order valence-corrected chi connectivity index (χ2v) is 23.3. The highest BCUT2D eigenvalue weighted by Gasteiger charge is 2.50. The number of terminal acetylenes is 1. The number of piperazine rings is 1. The fourth-order valence-electron chi connectivity index (χ4n) is 14.1. The standard InChI is InChI=1S/C59H64FN9O7/c1-3-39-5-4-6-40-24-42(76-35-74-2)26-45(49(39)40)51-50(60)52-46(29-61-51)53(68-31-36-7-8-37(23-36)32-68)64-57(63-52)75-34-59(13-14-59)33-66-17-15-58(16-18-66)27-38(28-58)30-65-19-21-67(22-20-65)41-9-10-43-44(25-41)56(73)69(55(43)72)47-11-12-48(70)62-54(47)71/h1,4-6,9-10,24-26,29,36-38,47H,7-8,11-23,27-28,30-35H2,2H3,(H,62,70,71). The molecule has 3 atom stereocenters. The molecule has 5 aromatic rings. The third-order valence-electron chi connectivity index (χ3n) is 18.3. The molecule has 2 bridgehead atoms. The second-order valence-electron chi connectivity index (χ2n) is 23.3. The second kappa shape index (κ2) is 19.4. The van der Waals surface area contributed by atoms with Gasteiger partial charge in [0.05, 0.1) is 23.1 Å². The van der Waals surface area contributed by atoms with Crippen LogP contribution < -0.4 is 24.6 Å². The van der Waals surface area contributed by atoms with Gasteiger partial charge in [0, 0.05) is 99.7 Å². The maximum absolute atomic E-state index is 17.4. The van der Waals surface area contributed by atoms with Gasteiger partial charge in [-0.1, -0.05) is 18.1 Å². The molecule has 2 aromatic heterocycles. The number of methoxy groups -OCH3 is 1. The number of aromatic nitrogens is 3. The highest BCUT2D eigenvalue weighted by Crippen LogP contribution is 2.54. The quantitative estimate of drug-likeness (QED) is 0.0684. The van der Waals surface area contributed by atoms with Crippen molar-refractivity contribution in [3.05, 3.63) is 77.2 Å². The molecule has 16 nitrogen and oxygen atoms in total. The summed E-state index contributed by atoms with van der Waals surface area (Å²) in [5, 5.41) is 4.35. The Morgan fingerprint density at radius 2 is 1.61 bits per heavy atom. The number of halogens is 1. The van der Waals surface area contributed by atoms with E-state index in [-0.39, 0.29) is 48.2 Å². The first-order chi connectivity index (χ1) is 36.9. The van der Waals surface area contributed by atoms with Gasteiger partial charge in [-0.15, -0.1) is 6.42 Å². The number of hydrogen-bond acceptors (Lipinski definition) is 14. The summed E-state index contributed by atoms with van der Waals surface area (Å²) in [6.07, 6.45) is 18.7. The molecular weight excluding hydrogens is 966 g/mol. The Hall–Kier alpha value is -6.74. The molecule has 3 unspecified atom stereocenters. The van der Waals surface area contributed by atoms with Crippen molar-refractivity contribution in [2.24, 2.45) is 28.6 Å². The molecule has 394 valence electrons. The normalized spacial score (nSPS) is 24.3. The van der Waals surface area contributed by atoms with Gasteiger partial charge in [0.2, 0.25) is 11.8 Å². The van der Waals surface area contributed by atoms with E-state index in [1.165, 1.54) is 44.9 Å². The summed E-state index contributed by atoms with van der Waals surface area (Å²) in [5.74, 6) is 3.33. The molecule has 3 aromatic carbocycles. The number of pyridine rings is 1. The lowest BCUT2D eigenvalue weighted by Crippen LogP contribution is -2.54. The zero-order valence-corrected chi connectivity index (χ0v) is 43.2. The largest absolute Gasteiger partial charge is 0.468 e. The minimum atomic E-state index is -0.973. The van der Waals surface area contributed by atoms with Crippen LogP contribution in [0, 0.1) is 46.7 Å². The van der Waals surface area contributed by atoms with Crippen molar-refractivity contribution in [1.29, 1.82) is 0 Å². The number of likely N-dealkylation sites (tertiary alicyclic amines) is 1. The van der Waals surface area contributed by atoms with E-state index in [0.29, 0.717) is 74.4 Å². The minimum absolute atomic E-state index is 0.00946. The van der Waals surface area contributed by atoms with Crippen LogP contribution in [0.25, 0.3) is 32.9 Å². The third kappa shape index (κ3) is 8.99. The fraction of sp³-hybridized carbons (Fsp3) is 0.508. The molecule has 76 heavy (non-hydrogen) atoms. The Balaban J connectivity index is 0.633. The third-order valence-corrected chi connectivity index (χ3v) is 18.3. The molecule has 13 rings (SSSR count). The Morgan fingerprint density at radius 1 is 0.829 bits per heavy atom. The Morgan fingerprint density at radius 3 is 2.34 bits per heavy atom. The average Bonchev–Trinajstić information content (AvgIpc) is 4.08. The predicted octanol–water partition coefficient (Wildman–Crippen LogP) is 7.06. The lowest BCUT2D eigenvalue weighted by Gasteiger charge is -2.54. The van der Waals surface area contributed by atoms with E-state index in [0.717, 1.165) is 94.3 Å². The van der Waals surface area contributed by atoms with Crippen LogP contribution in [0.15, 0.2) is 54.7 Å². The molecule has 3 saturated carbocycles. The highest BCUT2D eigenvalue weighted by atomic mass is 19.1. The number of ether oxygens (including phenoxy) is 3. The smallest absolute Gasteiger partial charge is 0.319 e. The van der Waals surface area contributed by atoms with Crippen molar-refractivity contribution in [2.45, 2.75) is 76.7 Å². The zero-order valence-electron chi connectivity index (χ0n) is 43.2. The molecule has 7 heterocycles. The van der Waals surface area contributed by atoms with Crippen molar-refractivity contribution in [3.63, 3.8) is 0 Å². The van der Waals surface area contributed by atoms with Crippen molar-refractivity contribution >= 4 is 56.8 Å². The summed E-state index contributed by atoms with van der Waals surface area (Å²) >= 11 is 0. The molecule has 4 amide bonds. The van der Waals surface area contributed by atoms with Crippen LogP contribution in [0.3, 0.4) is 0 Å². The number of nitrogens with one attached hydrogen (secondary N) is 1. The Labute approximate surface area is 441 Å². The summed E-state index contributed by atoms with van der Waals surface area (Å²) in [7, 11) is 1.56. The summed E-state index contributed by atoms with van der Waals surface area (Å²) in [6, 6.07) is 13.9. The van der Waals surface area contributed by atoms with E-state index in [9.17, 15) is 19.2 Å². The lowest BCUT2D eigenvalue weighted by molar-refractivity contribution is -0.136. The fourth-order valence-corrected chi connectivity index (χ4v) is 14.1. The monoisotopic (exact) mass is 1030 g/mol. The Bertz CT molecular complexity index is 3210. The molecular formula is C59H64FN9O7. The molecule has 3 aliphatic carbocycles. The maximum atomic E-state index is 17.4. The van der Waals surface area contributed by atoms with Crippen LogP contribution in [-0.2, 0) is 14.3 Å². The van der Waals surface area contributed by atoms with Crippen LogP contribution in [-0.4, -0.2) is 145 Å². The topological polar surface area (TPSA) is 163 Å². The van der Waals surface area contributed by atoms with E-state index in [2.05, 4.69) is 30.8 Å². The van der Waals surface area contributed by atoms with E-state index in [4.69, 9.17) is 35.6 Å². The number of carbonyl (C=O) groups is 4. The van der Waals surface area contributed by atoms with Crippen molar-refractivity contribution in [1.82, 2.24) is 35.0 Å². The van der Waals surface area contributed by atoms with Gasteiger partial charge in [-0.3, -0.25) is 39.3 Å². The molecule has 8 aliphatic rings. The van der Waals surface area contributed by atoms with Gasteiger partial charge >= 0.3 is 6.01 Å². The number of amides is 4. The van der Waals surface area contributed by atoms with E-state index in [1.54, 1.807) is 31.5 Å². The van der Waals surface area contributed by atoms with Gasteiger partial charge in [0.1, 0.15) is 28.8 Å². The summed E-state index contributed by atoms with van der Waals surface area (Å²) in [4.78, 5) is 76.5. The molecule has 4 saturated heterocycles. The average molecular weight is 1030 g/mol. The number of anilines is 2. The van der Waals surface area contributed by atoms with Crippen molar-refractivity contribution in [2.75, 3.05) is 95.8 Å². The van der Waals surface area contributed by atoms with Gasteiger partial charge < -0.3 is 28.9 Å². The Kier molecular flexibility index (Phi) is 12.5. The summed E-state index contributed by atoms with van der Waals surface area (Å²) in [6.45, 7) is 9.96. The molecule has 5 aliphatic heterocycles. The number of imide groups is 2. The number of nitrogens with zero attached hydrogens (tertiary/aromatic N) is 8. The highest BCUT2D eigenvalue weighted by molar-refractivity contribution is 6.23. The van der Waals surface area contributed by atoms with Crippen LogP contribution in [0.5, 0.6) is 11.8 Å². The first kappa shape index (κ1) is 48.9. The van der Waals surface area contributed by atoms with Gasteiger partial charge in [0.25, 0.3) is 11.8 Å². The number of fused-ring (bicyclic) bond motifs is 5. The van der Waals surface area contributed by atoms with Gasteiger partial charge in [-0.25, -0.2) is 4.39 Å². The molecule has 7 fully saturated rings. The van der Waals surface area contributed by atoms with Crippen LogP contribution in [0.4, 0.5) is 15.9 Å². The van der Waals surface area contributed by atoms with Crippen molar-refractivity contribution in [3.8, 4) is 35.4 Å². The zero-order chi connectivity index (χ0) is 51.9.